The van der Waals surface area contributed by atoms with Gasteiger partial charge in [-0.3, -0.25) is 0 Å². The normalized spacial score (nSPS) is 12.8. The minimum Gasteiger partial charge on any atom is -0.497 e. The van der Waals surface area contributed by atoms with E-state index in [1.165, 1.54) is 0 Å². The van der Waals surface area contributed by atoms with Gasteiger partial charge in [0, 0.05) is 14.7 Å². The summed E-state index contributed by atoms with van der Waals surface area (Å²) in [6, 6.07) is 26.7. The highest BCUT2D eigenvalue weighted by molar-refractivity contribution is 8.33. The molecule has 0 heterocycles. The molecule has 0 aliphatic rings. The lowest BCUT2D eigenvalue weighted by molar-refractivity contribution is 0.0954. The lowest BCUT2D eigenvalue weighted by atomic mass is 10.1. The van der Waals surface area contributed by atoms with Gasteiger partial charge in [-0.05, 0) is 126 Å². The van der Waals surface area contributed by atoms with Crippen LogP contribution >= 0.6 is 10.3 Å². The van der Waals surface area contributed by atoms with Crippen LogP contribution in [0.5, 0.6) is 23.0 Å². The summed E-state index contributed by atoms with van der Waals surface area (Å²) in [5.74, 6) is 2.10. The van der Waals surface area contributed by atoms with Gasteiger partial charge < -0.3 is 18.9 Å². The predicted octanol–water partition coefficient (Wildman–Crippen LogP) is 8.97. The summed E-state index contributed by atoms with van der Waals surface area (Å²) in [6.45, 7) is 13.6. The van der Waals surface area contributed by atoms with Crippen molar-refractivity contribution < 1.29 is 31.0 Å². The summed E-state index contributed by atoms with van der Waals surface area (Å²) >= 11 is 0. The first-order valence-electron chi connectivity index (χ1n) is 14.2. The quantitative estimate of drug-likeness (QED) is 0.172. The molecule has 0 fully saturated rings. The van der Waals surface area contributed by atoms with E-state index in [4.69, 9.17) is 22.6 Å². The largest absolute Gasteiger partial charge is 0.497 e. The van der Waals surface area contributed by atoms with E-state index in [9.17, 15) is 8.42 Å². The van der Waals surface area contributed by atoms with Gasteiger partial charge in [0.1, 0.15) is 22.7 Å². The lowest BCUT2D eigenvalue weighted by Crippen LogP contribution is -2.26. The zero-order chi connectivity index (χ0) is 32.3. The van der Waals surface area contributed by atoms with Gasteiger partial charge in [-0.25, -0.2) is 3.63 Å². The number of benzene rings is 4. The number of aryl methyl sites for hydroxylation is 1. The Morgan fingerprint density at radius 1 is 0.545 bits per heavy atom. The predicted molar refractivity (Wildman–Crippen MR) is 175 cm³/mol. The molecule has 9 heteroatoms. The van der Waals surface area contributed by atoms with Gasteiger partial charge >= 0.3 is 10.1 Å². The maximum absolute atomic E-state index is 14.2. The van der Waals surface area contributed by atoms with Gasteiger partial charge in [0.05, 0.1) is 19.1 Å². The third-order valence-electron chi connectivity index (χ3n) is 6.33. The minimum atomic E-state index is -4.32. The highest BCUT2D eigenvalue weighted by Crippen LogP contribution is 2.71. The number of ether oxygens (including phenoxy) is 4. The Bertz CT molecular complexity index is 1650. The van der Waals surface area contributed by atoms with Crippen LogP contribution in [0.1, 0.15) is 47.1 Å². The van der Waals surface area contributed by atoms with Crippen LogP contribution in [-0.4, -0.2) is 33.8 Å². The van der Waals surface area contributed by atoms with Crippen LogP contribution in [-0.2, 0) is 13.7 Å². The Balaban J connectivity index is 2.12. The van der Waals surface area contributed by atoms with Crippen LogP contribution < -0.4 is 18.9 Å². The summed E-state index contributed by atoms with van der Waals surface area (Å²) in [7, 11) is -4.22. The maximum Gasteiger partial charge on any atom is 0.307 e. The average molecular weight is 639 g/mol. The Labute approximate surface area is 263 Å². The summed E-state index contributed by atoms with van der Waals surface area (Å²) < 4.78 is 59.0. The van der Waals surface area contributed by atoms with E-state index in [1.807, 2.05) is 115 Å². The number of methoxy groups -OCH3 is 2. The fraction of sp³-hybridized carbons (Fsp3) is 0.314. The van der Waals surface area contributed by atoms with Crippen LogP contribution in [0, 0.1) is 6.92 Å². The van der Waals surface area contributed by atoms with Gasteiger partial charge in [0.15, 0.2) is 11.5 Å². The van der Waals surface area contributed by atoms with Crippen LogP contribution in [0.25, 0.3) is 0 Å². The van der Waals surface area contributed by atoms with E-state index in [0.717, 1.165) is 5.56 Å². The molecule has 0 saturated heterocycles. The second kappa shape index (κ2) is 12.8. The minimum absolute atomic E-state index is 0.0459. The topological polar surface area (TPSA) is 80.3 Å². The fourth-order valence-electron chi connectivity index (χ4n) is 4.46. The highest BCUT2D eigenvalue weighted by Gasteiger charge is 2.40. The first-order valence-corrected chi connectivity index (χ1v) is 17.2. The first kappa shape index (κ1) is 33.2. The van der Waals surface area contributed by atoms with Crippen molar-refractivity contribution in [2.45, 2.75) is 79.3 Å². The molecule has 0 spiro atoms. The molecule has 0 amide bonds. The third-order valence-corrected chi connectivity index (χ3v) is 11.5. The lowest BCUT2D eigenvalue weighted by Gasteiger charge is -2.40. The molecule has 0 aliphatic heterocycles. The Morgan fingerprint density at radius 3 is 1.48 bits per heavy atom. The van der Waals surface area contributed by atoms with E-state index in [-0.39, 0.29) is 4.90 Å². The molecular formula is C35H42O7S2. The van der Waals surface area contributed by atoms with Crippen molar-refractivity contribution in [3.63, 3.8) is 0 Å². The average Bonchev–Trinajstić information content (AvgIpc) is 2.95. The van der Waals surface area contributed by atoms with Gasteiger partial charge in [-0.2, -0.15) is 8.42 Å². The van der Waals surface area contributed by atoms with Crippen molar-refractivity contribution in [1.29, 1.82) is 0 Å². The number of hydrogen-bond donors (Lipinski definition) is 0. The van der Waals surface area contributed by atoms with Crippen molar-refractivity contribution in [3.8, 4) is 23.0 Å². The van der Waals surface area contributed by atoms with Crippen molar-refractivity contribution in [2.24, 2.45) is 0 Å². The van der Waals surface area contributed by atoms with Crippen molar-refractivity contribution >= 4 is 20.4 Å². The van der Waals surface area contributed by atoms with E-state index >= 15 is 0 Å². The Kier molecular flexibility index (Phi) is 9.63. The van der Waals surface area contributed by atoms with Crippen molar-refractivity contribution in [3.05, 3.63) is 96.6 Å². The Hall–Kier alpha value is -3.66. The molecule has 7 nitrogen and oxygen atoms in total. The van der Waals surface area contributed by atoms with E-state index in [1.54, 1.807) is 38.5 Å². The molecule has 0 aliphatic carbocycles. The SMILES string of the molecule is COc1cccc(S(OS(=O)(=O)c2ccc(C)cc2)(c2cccc(OC)c2)c2ccc(OC(C)(C)C)c(OC(C)(C)C)c2)c1. The van der Waals surface area contributed by atoms with Crippen LogP contribution in [0.2, 0.25) is 0 Å². The van der Waals surface area contributed by atoms with Crippen LogP contribution in [0.3, 0.4) is 0 Å². The zero-order valence-corrected chi connectivity index (χ0v) is 28.5. The Morgan fingerprint density at radius 2 is 1.00 bits per heavy atom. The van der Waals surface area contributed by atoms with Crippen LogP contribution in [0.15, 0.2) is 111 Å². The van der Waals surface area contributed by atoms with Gasteiger partial charge in [-0.1, -0.05) is 29.8 Å². The van der Waals surface area contributed by atoms with E-state index in [0.29, 0.717) is 37.7 Å². The summed E-state index contributed by atoms with van der Waals surface area (Å²) in [6.07, 6.45) is 0. The molecule has 0 N–H and O–H groups in total. The second-order valence-electron chi connectivity index (χ2n) is 12.3. The molecular weight excluding hydrogens is 597 g/mol. The summed E-state index contributed by atoms with van der Waals surface area (Å²) in [5.41, 5.74) is -0.152. The van der Waals surface area contributed by atoms with E-state index < -0.39 is 31.6 Å². The van der Waals surface area contributed by atoms with Gasteiger partial charge in [0.25, 0.3) is 0 Å². The smallest absolute Gasteiger partial charge is 0.307 e. The standard InChI is InChI=1S/C35H42O7S2/c1-25-16-18-28(19-17-25)44(36,37)42-43(29-14-10-12-26(22-29)38-8,30-15-11-13-27(23-30)39-9)31-20-21-32(40-34(2,3)4)33(24-31)41-35(5,6)7/h10-24H,1-9H3. The summed E-state index contributed by atoms with van der Waals surface area (Å²) in [4.78, 5) is 1.83. The zero-order valence-electron chi connectivity index (χ0n) is 26.8. The molecule has 0 atom stereocenters. The van der Waals surface area contributed by atoms with E-state index in [2.05, 4.69) is 0 Å². The molecule has 0 radical (unpaired) electrons. The van der Waals surface area contributed by atoms with Crippen molar-refractivity contribution in [1.82, 2.24) is 0 Å². The molecule has 0 unspecified atom stereocenters. The fourth-order valence-corrected chi connectivity index (χ4v) is 9.71. The molecule has 4 aromatic rings. The monoisotopic (exact) mass is 638 g/mol. The molecule has 44 heavy (non-hydrogen) atoms. The maximum atomic E-state index is 14.2. The number of rotatable bonds is 10. The number of hydrogen-bond acceptors (Lipinski definition) is 7. The molecule has 4 rings (SSSR count). The third kappa shape index (κ3) is 7.70. The molecule has 0 bridgehead atoms. The molecule has 236 valence electrons. The summed E-state index contributed by atoms with van der Waals surface area (Å²) in [5, 5.41) is 0. The second-order valence-corrected chi connectivity index (χ2v) is 16.7. The van der Waals surface area contributed by atoms with Crippen molar-refractivity contribution in [2.75, 3.05) is 14.2 Å². The van der Waals surface area contributed by atoms with Crippen LogP contribution in [0.4, 0.5) is 0 Å². The molecule has 0 saturated carbocycles. The van der Waals surface area contributed by atoms with Gasteiger partial charge in [-0.15, -0.1) is 0 Å². The first-order chi connectivity index (χ1) is 20.6. The molecule has 0 aromatic heterocycles. The highest BCUT2D eigenvalue weighted by atomic mass is 32.3. The van der Waals surface area contributed by atoms with Gasteiger partial charge in [0.2, 0.25) is 0 Å². The molecule has 4 aromatic carbocycles.